The number of thioether (sulfide) groups is 1. The Morgan fingerprint density at radius 1 is 1.03 bits per heavy atom. The van der Waals surface area contributed by atoms with E-state index >= 15 is 0 Å². The summed E-state index contributed by atoms with van der Waals surface area (Å²) < 4.78 is 6.02. The number of ether oxygens (including phenoxy) is 1. The van der Waals surface area contributed by atoms with Crippen LogP contribution < -0.4 is 15.2 Å². The molecule has 1 fully saturated rings. The molecule has 2 aromatic carbocycles. The molecule has 1 aliphatic heterocycles. The van der Waals surface area contributed by atoms with Crippen molar-refractivity contribution in [2.75, 3.05) is 44.2 Å². The van der Waals surface area contributed by atoms with Crippen molar-refractivity contribution < 1.29 is 9.53 Å². The summed E-state index contributed by atoms with van der Waals surface area (Å²) in [5.41, 5.74) is 3.07. The van der Waals surface area contributed by atoms with Gasteiger partial charge >= 0.3 is 0 Å². The van der Waals surface area contributed by atoms with Crippen LogP contribution in [0, 0.1) is 0 Å². The number of rotatable bonds is 10. The predicted octanol–water partition coefficient (Wildman–Crippen LogP) is 5.14. The summed E-state index contributed by atoms with van der Waals surface area (Å²) in [6, 6.07) is 15.6. The fourth-order valence-electron chi connectivity index (χ4n) is 4.62. The Bertz CT molecular complexity index is 1230. The number of carbonyl (C=O) groups is 1. The summed E-state index contributed by atoms with van der Waals surface area (Å²) in [6.45, 7) is 12.3. The number of hydrogen-bond acceptors (Lipinski definition) is 6. The van der Waals surface area contributed by atoms with Crippen molar-refractivity contribution in [2.45, 2.75) is 49.7 Å². The first kappa shape index (κ1) is 26.3. The van der Waals surface area contributed by atoms with Crippen molar-refractivity contribution in [3.8, 4) is 5.75 Å². The molecule has 0 aliphatic carbocycles. The van der Waals surface area contributed by atoms with Gasteiger partial charge in [-0.25, -0.2) is 0 Å². The number of nitrogens with zero attached hydrogens (tertiary/aromatic N) is 2. The van der Waals surface area contributed by atoms with E-state index in [4.69, 9.17) is 4.74 Å². The molecule has 36 heavy (non-hydrogen) atoms. The van der Waals surface area contributed by atoms with Crippen molar-refractivity contribution in [1.82, 2.24) is 9.88 Å². The summed E-state index contributed by atoms with van der Waals surface area (Å²) >= 11 is 1.84. The average Bonchev–Trinajstić information content (AvgIpc) is 2.84. The number of fused-ring (bicyclic) bond motifs is 1. The molecule has 1 N–H and O–H groups in total. The molecule has 0 radical (unpaired) electrons. The molecule has 2 heterocycles. The number of aldehydes is 1. The Balaban J connectivity index is 1.23. The van der Waals surface area contributed by atoms with E-state index in [2.05, 4.69) is 53.8 Å². The van der Waals surface area contributed by atoms with Crippen LogP contribution in [0.25, 0.3) is 10.9 Å². The Morgan fingerprint density at radius 2 is 1.81 bits per heavy atom. The Hall–Kier alpha value is -2.77. The Labute approximate surface area is 218 Å². The molecule has 3 aromatic rings. The lowest BCUT2D eigenvalue weighted by Crippen LogP contribution is -2.47. The number of unbranched alkanes of at least 4 members (excludes halogenated alkanes) is 1. The molecule has 192 valence electrons. The third-order valence-electron chi connectivity index (χ3n) is 6.36. The van der Waals surface area contributed by atoms with Crippen LogP contribution in [0.3, 0.4) is 0 Å². The van der Waals surface area contributed by atoms with Gasteiger partial charge in [-0.2, -0.15) is 0 Å². The lowest BCUT2D eigenvalue weighted by molar-refractivity contribution is -0.107. The molecule has 6 nitrogen and oxygen atoms in total. The molecule has 0 bridgehead atoms. The van der Waals surface area contributed by atoms with Crippen molar-refractivity contribution in [1.29, 1.82) is 0 Å². The molecule has 1 saturated heterocycles. The standard InChI is InChI=1S/C29H37N3O3S/c1-29(2,3)36-27-8-6-7-26(24(27)13-19-33)32-17-15-31(16-18-32)14-4-5-20-35-23-11-9-22-10-12-28(34)30-25(22)21-23/h6-12,19,21H,4-5,13-18,20H2,1-3H3,(H,30,34). The first-order chi connectivity index (χ1) is 17.3. The van der Waals surface area contributed by atoms with Crippen molar-refractivity contribution in [3.05, 3.63) is 64.4 Å². The number of benzene rings is 2. The molecule has 1 aromatic heterocycles. The summed E-state index contributed by atoms with van der Waals surface area (Å²) in [4.78, 5) is 32.0. The largest absolute Gasteiger partial charge is 0.494 e. The average molecular weight is 508 g/mol. The number of anilines is 1. The molecule has 0 spiro atoms. The molecule has 0 saturated carbocycles. The van der Waals surface area contributed by atoms with Gasteiger partial charge in [0.2, 0.25) is 5.56 Å². The number of hydrogen-bond donors (Lipinski definition) is 1. The van der Waals surface area contributed by atoms with Gasteiger partial charge in [-0.05, 0) is 60.7 Å². The van der Waals surface area contributed by atoms with Gasteiger partial charge in [0.15, 0.2) is 0 Å². The van der Waals surface area contributed by atoms with Crippen molar-refractivity contribution >= 4 is 34.6 Å². The van der Waals surface area contributed by atoms with Gasteiger partial charge in [-0.1, -0.05) is 26.8 Å². The lowest BCUT2D eigenvalue weighted by atomic mass is 10.1. The van der Waals surface area contributed by atoms with Crippen molar-refractivity contribution in [2.24, 2.45) is 0 Å². The smallest absolute Gasteiger partial charge is 0.248 e. The van der Waals surface area contributed by atoms with Gasteiger partial charge in [0.05, 0.1) is 12.1 Å². The fourth-order valence-corrected chi connectivity index (χ4v) is 5.74. The highest BCUT2D eigenvalue weighted by Crippen LogP contribution is 2.38. The van der Waals surface area contributed by atoms with E-state index < -0.39 is 0 Å². The highest BCUT2D eigenvalue weighted by molar-refractivity contribution is 8.00. The maximum absolute atomic E-state index is 11.5. The monoisotopic (exact) mass is 507 g/mol. The zero-order valence-corrected chi connectivity index (χ0v) is 22.4. The number of pyridine rings is 1. The molecule has 1 aliphatic rings. The number of piperazine rings is 1. The van der Waals surface area contributed by atoms with Crippen molar-refractivity contribution in [3.63, 3.8) is 0 Å². The SMILES string of the molecule is CC(C)(C)Sc1cccc(N2CCN(CCCCOc3ccc4ccc(=O)[nH]c4c3)CC2)c1CC=O. The molecule has 4 rings (SSSR count). The highest BCUT2D eigenvalue weighted by atomic mass is 32.2. The quantitative estimate of drug-likeness (QED) is 0.233. The third-order valence-corrected chi connectivity index (χ3v) is 7.57. The van der Waals surface area contributed by atoms with Crippen LogP contribution in [-0.4, -0.2) is 60.2 Å². The highest BCUT2D eigenvalue weighted by Gasteiger charge is 2.22. The van der Waals surface area contributed by atoms with Crippen LogP contribution in [0.2, 0.25) is 0 Å². The molecule has 0 amide bonds. The van der Waals surface area contributed by atoms with Crippen LogP contribution in [0.5, 0.6) is 5.75 Å². The van der Waals surface area contributed by atoms with Crippen LogP contribution in [-0.2, 0) is 11.2 Å². The lowest BCUT2D eigenvalue weighted by Gasteiger charge is -2.37. The van der Waals surface area contributed by atoms with Crippen LogP contribution >= 0.6 is 11.8 Å². The fraction of sp³-hybridized carbons (Fsp3) is 0.448. The number of aromatic nitrogens is 1. The van der Waals surface area contributed by atoms with Gasteiger partial charge in [-0.15, -0.1) is 11.8 Å². The van der Waals surface area contributed by atoms with E-state index in [1.807, 2.05) is 36.0 Å². The van der Waals surface area contributed by atoms with E-state index in [0.717, 1.165) is 74.1 Å². The zero-order chi connectivity index (χ0) is 25.5. The van der Waals surface area contributed by atoms with Crippen LogP contribution in [0.4, 0.5) is 5.69 Å². The number of H-pyrrole nitrogens is 1. The molecule has 0 atom stereocenters. The maximum Gasteiger partial charge on any atom is 0.248 e. The normalized spacial score (nSPS) is 14.8. The first-order valence-electron chi connectivity index (χ1n) is 12.8. The second-order valence-corrected chi connectivity index (χ2v) is 12.2. The van der Waals surface area contributed by atoms with E-state index in [0.29, 0.717) is 13.0 Å². The Kier molecular flexibility index (Phi) is 8.75. The number of aromatic amines is 1. The number of nitrogens with one attached hydrogen (secondary N) is 1. The van der Waals surface area contributed by atoms with Gasteiger partial charge in [0, 0.05) is 60.1 Å². The van der Waals surface area contributed by atoms with E-state index in [-0.39, 0.29) is 10.3 Å². The minimum atomic E-state index is -0.101. The molecular weight excluding hydrogens is 470 g/mol. The predicted molar refractivity (Wildman–Crippen MR) is 150 cm³/mol. The minimum absolute atomic E-state index is 0.101. The van der Waals surface area contributed by atoms with E-state index in [9.17, 15) is 9.59 Å². The van der Waals surface area contributed by atoms with E-state index in [1.165, 1.54) is 16.6 Å². The molecular formula is C29H37N3O3S. The number of carbonyl (C=O) groups excluding carboxylic acids is 1. The van der Waals surface area contributed by atoms with Crippen LogP contribution in [0.15, 0.2) is 58.2 Å². The van der Waals surface area contributed by atoms with Gasteiger partial charge < -0.3 is 19.4 Å². The maximum atomic E-state index is 11.5. The summed E-state index contributed by atoms with van der Waals surface area (Å²) in [5, 5.41) is 0.999. The van der Waals surface area contributed by atoms with Gasteiger partial charge in [0.25, 0.3) is 0 Å². The van der Waals surface area contributed by atoms with Crippen LogP contribution in [0.1, 0.15) is 39.2 Å². The topological polar surface area (TPSA) is 65.6 Å². The zero-order valence-electron chi connectivity index (χ0n) is 21.6. The summed E-state index contributed by atoms with van der Waals surface area (Å²) in [5.74, 6) is 0.788. The second kappa shape index (κ2) is 12.0. The first-order valence-corrected chi connectivity index (χ1v) is 13.6. The van der Waals surface area contributed by atoms with Gasteiger partial charge in [0.1, 0.15) is 12.0 Å². The molecule has 0 unspecified atom stereocenters. The van der Waals surface area contributed by atoms with E-state index in [1.54, 1.807) is 0 Å². The Morgan fingerprint density at radius 3 is 2.56 bits per heavy atom. The third kappa shape index (κ3) is 7.14. The summed E-state index contributed by atoms with van der Waals surface area (Å²) in [6.07, 6.45) is 3.56. The minimum Gasteiger partial charge on any atom is -0.494 e. The molecule has 7 heteroatoms. The summed E-state index contributed by atoms with van der Waals surface area (Å²) in [7, 11) is 0. The second-order valence-electron chi connectivity index (χ2n) is 10.3. The van der Waals surface area contributed by atoms with Gasteiger partial charge in [-0.3, -0.25) is 9.69 Å².